The van der Waals surface area contributed by atoms with Crippen LogP contribution in [0.5, 0.6) is 0 Å². The van der Waals surface area contributed by atoms with Crippen LogP contribution in [0.25, 0.3) is 0 Å². The average Bonchev–Trinajstić information content (AvgIpc) is 2.28. The molecule has 0 radical (unpaired) electrons. The van der Waals surface area contributed by atoms with Gasteiger partial charge in [-0.05, 0) is 31.4 Å². The second-order valence-electron chi connectivity index (χ2n) is 5.31. The molecule has 1 aromatic carbocycles. The van der Waals surface area contributed by atoms with E-state index in [0.29, 0.717) is 12.3 Å². The Hall–Kier alpha value is -1.18. The predicted octanol–water partition coefficient (Wildman–Crippen LogP) is 2.29. The van der Waals surface area contributed by atoms with Crippen LogP contribution in [0.2, 0.25) is 5.02 Å². The van der Waals surface area contributed by atoms with E-state index < -0.39 is 32.2 Å². The van der Waals surface area contributed by atoms with E-state index >= 15 is 0 Å². The summed E-state index contributed by atoms with van der Waals surface area (Å²) in [7, 11) is -4.30. The van der Waals surface area contributed by atoms with Crippen molar-refractivity contribution >= 4 is 27.5 Å². The third-order valence-corrected chi connectivity index (χ3v) is 3.89. The Bertz CT molecular complexity index is 647. The lowest BCUT2D eigenvalue weighted by molar-refractivity contribution is 0.0931. The molecule has 0 heterocycles. The van der Waals surface area contributed by atoms with E-state index in [9.17, 15) is 17.6 Å². The standard InChI is InChI=1S/C13H18ClFN2O3S/c1-7(2)4-8(3)17-13(18)10-5-9(14)6-11(12(10)15)21(16,19)20/h5-8H,4H2,1-3H3,(H,17,18)(H2,16,19,20). The van der Waals surface area contributed by atoms with Crippen LogP contribution in [0.4, 0.5) is 4.39 Å². The summed E-state index contributed by atoms with van der Waals surface area (Å²) in [4.78, 5) is 11.2. The van der Waals surface area contributed by atoms with Crippen LogP contribution < -0.4 is 10.5 Å². The van der Waals surface area contributed by atoms with E-state index in [-0.39, 0.29) is 11.1 Å². The number of primary sulfonamides is 1. The summed E-state index contributed by atoms with van der Waals surface area (Å²) in [6, 6.07) is 1.76. The summed E-state index contributed by atoms with van der Waals surface area (Å²) < 4.78 is 36.7. The Labute approximate surface area is 128 Å². The van der Waals surface area contributed by atoms with Gasteiger partial charge in [0.25, 0.3) is 5.91 Å². The maximum absolute atomic E-state index is 14.1. The first-order chi connectivity index (χ1) is 9.52. The minimum absolute atomic E-state index is 0.0814. The third kappa shape index (κ3) is 4.94. The van der Waals surface area contributed by atoms with Gasteiger partial charge >= 0.3 is 0 Å². The van der Waals surface area contributed by atoms with Gasteiger partial charge in [0, 0.05) is 11.1 Å². The molecule has 5 nitrogen and oxygen atoms in total. The van der Waals surface area contributed by atoms with Crippen molar-refractivity contribution in [3.05, 3.63) is 28.5 Å². The summed E-state index contributed by atoms with van der Waals surface area (Å²) in [5.41, 5.74) is -0.442. The fraction of sp³-hybridized carbons (Fsp3) is 0.462. The van der Waals surface area contributed by atoms with E-state index in [2.05, 4.69) is 5.32 Å². The van der Waals surface area contributed by atoms with Gasteiger partial charge in [-0.2, -0.15) is 0 Å². The van der Waals surface area contributed by atoms with Gasteiger partial charge < -0.3 is 5.32 Å². The maximum Gasteiger partial charge on any atom is 0.254 e. The molecule has 21 heavy (non-hydrogen) atoms. The van der Waals surface area contributed by atoms with Crippen molar-refractivity contribution in [3.63, 3.8) is 0 Å². The van der Waals surface area contributed by atoms with Crippen molar-refractivity contribution < 1.29 is 17.6 Å². The minimum atomic E-state index is -4.30. The van der Waals surface area contributed by atoms with Crippen molar-refractivity contribution in [2.45, 2.75) is 38.1 Å². The fourth-order valence-corrected chi connectivity index (χ4v) is 2.94. The number of nitrogens with one attached hydrogen (secondary N) is 1. The molecule has 1 aromatic rings. The monoisotopic (exact) mass is 336 g/mol. The molecule has 1 atom stereocenters. The molecule has 1 rings (SSSR count). The molecular weight excluding hydrogens is 319 g/mol. The summed E-state index contributed by atoms with van der Waals surface area (Å²) in [6.45, 7) is 5.75. The summed E-state index contributed by atoms with van der Waals surface area (Å²) in [5, 5.41) is 7.42. The SMILES string of the molecule is CC(C)CC(C)NC(=O)c1cc(Cl)cc(S(N)(=O)=O)c1F. The molecule has 118 valence electrons. The molecule has 3 N–H and O–H groups in total. The molecule has 0 fully saturated rings. The van der Waals surface area contributed by atoms with Gasteiger partial charge in [-0.25, -0.2) is 17.9 Å². The number of halogens is 2. The highest BCUT2D eigenvalue weighted by atomic mass is 35.5. The van der Waals surface area contributed by atoms with E-state index in [1.165, 1.54) is 0 Å². The Kier molecular flexibility index (Phi) is 5.72. The summed E-state index contributed by atoms with van der Waals surface area (Å²) >= 11 is 5.73. The Morgan fingerprint density at radius 2 is 1.95 bits per heavy atom. The predicted molar refractivity (Wildman–Crippen MR) is 79.2 cm³/mol. The zero-order chi connectivity index (χ0) is 16.4. The van der Waals surface area contributed by atoms with Crippen LogP contribution in [-0.2, 0) is 10.0 Å². The molecule has 0 spiro atoms. The van der Waals surface area contributed by atoms with E-state index in [1.807, 2.05) is 13.8 Å². The van der Waals surface area contributed by atoms with Crippen LogP contribution in [-0.4, -0.2) is 20.4 Å². The van der Waals surface area contributed by atoms with E-state index in [4.69, 9.17) is 16.7 Å². The second-order valence-corrected chi connectivity index (χ2v) is 7.28. The number of amides is 1. The molecule has 0 aromatic heterocycles. The number of benzene rings is 1. The van der Waals surface area contributed by atoms with Gasteiger partial charge in [-0.1, -0.05) is 25.4 Å². The first-order valence-electron chi connectivity index (χ1n) is 6.35. The molecule has 0 aliphatic rings. The van der Waals surface area contributed by atoms with Gasteiger partial charge in [0.2, 0.25) is 10.0 Å². The lowest BCUT2D eigenvalue weighted by atomic mass is 10.0. The first-order valence-corrected chi connectivity index (χ1v) is 8.27. The average molecular weight is 337 g/mol. The highest BCUT2D eigenvalue weighted by Crippen LogP contribution is 2.23. The van der Waals surface area contributed by atoms with Crippen LogP contribution in [0.1, 0.15) is 37.6 Å². The second kappa shape index (κ2) is 6.72. The third-order valence-electron chi connectivity index (χ3n) is 2.76. The number of rotatable bonds is 5. The van der Waals surface area contributed by atoms with Crippen LogP contribution in [0, 0.1) is 11.7 Å². The lowest BCUT2D eigenvalue weighted by Crippen LogP contribution is -2.34. The normalized spacial score (nSPS) is 13.3. The molecule has 1 unspecified atom stereocenters. The first kappa shape index (κ1) is 17.9. The lowest BCUT2D eigenvalue weighted by Gasteiger charge is -2.16. The molecule has 0 saturated heterocycles. The molecule has 0 aliphatic heterocycles. The van der Waals surface area contributed by atoms with Crippen molar-refractivity contribution in [1.82, 2.24) is 5.32 Å². The highest BCUT2D eigenvalue weighted by molar-refractivity contribution is 7.89. The topological polar surface area (TPSA) is 89.3 Å². The van der Waals surface area contributed by atoms with Crippen LogP contribution in [0.3, 0.4) is 0 Å². The molecule has 1 amide bonds. The highest BCUT2D eigenvalue weighted by Gasteiger charge is 2.23. The molecule has 0 bridgehead atoms. The minimum Gasteiger partial charge on any atom is -0.349 e. The quantitative estimate of drug-likeness (QED) is 0.864. The Morgan fingerprint density at radius 3 is 2.43 bits per heavy atom. The van der Waals surface area contributed by atoms with Gasteiger partial charge in [-0.15, -0.1) is 0 Å². The number of nitrogens with two attached hydrogens (primary N) is 1. The molecule has 8 heteroatoms. The summed E-state index contributed by atoms with van der Waals surface area (Å²) in [6.07, 6.45) is 0.704. The van der Waals surface area contributed by atoms with Crippen LogP contribution >= 0.6 is 11.6 Å². The molecular formula is C13H18ClFN2O3S. The van der Waals surface area contributed by atoms with Crippen molar-refractivity contribution in [3.8, 4) is 0 Å². The molecule has 0 saturated carbocycles. The van der Waals surface area contributed by atoms with Crippen molar-refractivity contribution in [2.24, 2.45) is 11.1 Å². The van der Waals surface area contributed by atoms with Gasteiger partial charge in [0.1, 0.15) is 4.90 Å². The number of carbonyl (C=O) groups excluding carboxylic acids is 1. The van der Waals surface area contributed by atoms with Crippen molar-refractivity contribution in [1.29, 1.82) is 0 Å². The maximum atomic E-state index is 14.1. The summed E-state index contributed by atoms with van der Waals surface area (Å²) in [5.74, 6) is -1.58. The number of hydrogen-bond donors (Lipinski definition) is 2. The van der Waals surface area contributed by atoms with E-state index in [0.717, 1.165) is 12.1 Å². The van der Waals surface area contributed by atoms with Gasteiger partial charge in [-0.3, -0.25) is 4.79 Å². The van der Waals surface area contributed by atoms with Gasteiger partial charge in [0.15, 0.2) is 5.82 Å². The van der Waals surface area contributed by atoms with Crippen LogP contribution in [0.15, 0.2) is 17.0 Å². The van der Waals surface area contributed by atoms with E-state index in [1.54, 1.807) is 6.92 Å². The Morgan fingerprint density at radius 1 is 1.38 bits per heavy atom. The zero-order valence-corrected chi connectivity index (χ0v) is 13.6. The number of sulfonamides is 1. The number of hydrogen-bond acceptors (Lipinski definition) is 3. The smallest absolute Gasteiger partial charge is 0.254 e. The van der Waals surface area contributed by atoms with Crippen molar-refractivity contribution in [2.75, 3.05) is 0 Å². The van der Waals surface area contributed by atoms with Gasteiger partial charge in [0.05, 0.1) is 5.56 Å². The number of carbonyl (C=O) groups is 1. The fourth-order valence-electron chi connectivity index (χ4n) is 2.00. The molecule has 0 aliphatic carbocycles. The Balaban J connectivity index is 3.14. The largest absolute Gasteiger partial charge is 0.349 e. The zero-order valence-electron chi connectivity index (χ0n) is 12.0.